The maximum absolute atomic E-state index is 11.6. The summed E-state index contributed by atoms with van der Waals surface area (Å²) in [6.07, 6.45) is 10.8. The molecule has 0 aromatic heterocycles. The van der Waals surface area contributed by atoms with Gasteiger partial charge in [0.2, 0.25) is 0 Å². The van der Waals surface area contributed by atoms with Crippen LogP contribution in [0.3, 0.4) is 0 Å². The molecule has 1 saturated heterocycles. The first kappa shape index (κ1) is 41.6. The van der Waals surface area contributed by atoms with Crippen molar-refractivity contribution in [3.8, 4) is 5.75 Å². The van der Waals surface area contributed by atoms with Gasteiger partial charge in [-0.05, 0) is 129 Å². The lowest BCUT2D eigenvalue weighted by molar-refractivity contribution is -0.139. The number of carbonyl (C=O) groups excluding carboxylic acids is 2. The highest BCUT2D eigenvalue weighted by atomic mass is 16.6. The Labute approximate surface area is 288 Å². The number of benzene rings is 1. The van der Waals surface area contributed by atoms with Gasteiger partial charge >= 0.3 is 12.2 Å². The lowest BCUT2D eigenvalue weighted by Crippen LogP contribution is -2.44. The first-order valence-electron chi connectivity index (χ1n) is 17.8. The lowest BCUT2D eigenvalue weighted by atomic mass is 9.73. The van der Waals surface area contributed by atoms with Gasteiger partial charge in [-0.25, -0.2) is 9.59 Å². The van der Waals surface area contributed by atoms with Crippen LogP contribution >= 0.6 is 0 Å². The summed E-state index contributed by atoms with van der Waals surface area (Å²) in [6.45, 7) is 12.5. The van der Waals surface area contributed by atoms with Gasteiger partial charge in [0, 0.05) is 20.2 Å². The molecule has 11 nitrogen and oxygen atoms in total. The molecule has 276 valence electrons. The van der Waals surface area contributed by atoms with Crippen LogP contribution < -0.4 is 15.4 Å². The Morgan fingerprint density at radius 1 is 0.833 bits per heavy atom. The molecule has 11 heteroatoms. The molecule has 1 aliphatic carbocycles. The maximum Gasteiger partial charge on any atom is 0.407 e. The SMILES string of the molecule is CC(C)(C)OC(=O)NCCCC1CCCC2CC[C@H](CO)OC12.CC(C)(C)OC(=O)NCCCc1cccc2c1O[C@@H](CO)CC2.CO. The quantitative estimate of drug-likeness (QED) is 0.196. The van der Waals surface area contributed by atoms with E-state index < -0.39 is 11.2 Å². The van der Waals surface area contributed by atoms with Gasteiger partial charge in [-0.2, -0.15) is 0 Å². The lowest BCUT2D eigenvalue weighted by Gasteiger charge is -2.44. The molecular weight excluding hydrogens is 616 g/mol. The molecule has 1 saturated carbocycles. The van der Waals surface area contributed by atoms with Crippen LogP contribution in [-0.4, -0.2) is 90.4 Å². The molecule has 1 aromatic rings. The third-order valence-electron chi connectivity index (χ3n) is 8.60. The van der Waals surface area contributed by atoms with Crippen molar-refractivity contribution in [1.82, 2.24) is 10.6 Å². The van der Waals surface area contributed by atoms with Crippen molar-refractivity contribution >= 4 is 12.2 Å². The van der Waals surface area contributed by atoms with E-state index in [0.717, 1.165) is 63.4 Å². The number of alkyl carbamates (subject to hydrolysis) is 2. The summed E-state index contributed by atoms with van der Waals surface area (Å²) in [4.78, 5) is 23.2. The molecule has 3 unspecified atom stereocenters. The monoisotopic (exact) mass is 680 g/mol. The van der Waals surface area contributed by atoms with Crippen molar-refractivity contribution in [2.45, 2.75) is 142 Å². The van der Waals surface area contributed by atoms with Crippen LogP contribution in [0.2, 0.25) is 0 Å². The van der Waals surface area contributed by atoms with Crippen molar-refractivity contribution in [3.63, 3.8) is 0 Å². The summed E-state index contributed by atoms with van der Waals surface area (Å²) >= 11 is 0. The van der Waals surface area contributed by atoms with Crippen LogP contribution in [0, 0.1) is 11.8 Å². The van der Waals surface area contributed by atoms with E-state index >= 15 is 0 Å². The molecule has 0 spiro atoms. The summed E-state index contributed by atoms with van der Waals surface area (Å²) in [5, 5.41) is 31.2. The number of aryl methyl sites for hydroxylation is 2. The van der Waals surface area contributed by atoms with E-state index in [2.05, 4.69) is 16.7 Å². The van der Waals surface area contributed by atoms with Gasteiger partial charge in [0.15, 0.2) is 0 Å². The number of aliphatic hydroxyl groups excluding tert-OH is 3. The molecule has 48 heavy (non-hydrogen) atoms. The number of hydrogen-bond acceptors (Lipinski definition) is 9. The van der Waals surface area contributed by atoms with Gasteiger partial charge in [-0.1, -0.05) is 24.6 Å². The molecule has 4 rings (SSSR count). The number of carbonyl (C=O) groups is 2. The fourth-order valence-corrected chi connectivity index (χ4v) is 6.53. The van der Waals surface area contributed by atoms with Crippen molar-refractivity contribution < 1.29 is 43.9 Å². The van der Waals surface area contributed by atoms with E-state index in [1.54, 1.807) is 0 Å². The Morgan fingerprint density at radius 2 is 1.46 bits per heavy atom. The van der Waals surface area contributed by atoms with Crippen LogP contribution in [0.1, 0.15) is 110 Å². The van der Waals surface area contributed by atoms with Gasteiger partial charge in [-0.15, -0.1) is 0 Å². The van der Waals surface area contributed by atoms with Crippen molar-refractivity contribution in [2.75, 3.05) is 33.4 Å². The van der Waals surface area contributed by atoms with E-state index in [1.165, 1.54) is 31.2 Å². The third-order valence-corrected chi connectivity index (χ3v) is 8.60. The van der Waals surface area contributed by atoms with E-state index in [9.17, 15) is 19.8 Å². The number of aliphatic hydroxyl groups is 3. The van der Waals surface area contributed by atoms with Gasteiger partial charge in [-0.3, -0.25) is 0 Å². The van der Waals surface area contributed by atoms with E-state index in [1.807, 2.05) is 53.7 Å². The Hall–Kier alpha value is -2.60. The number of fused-ring (bicyclic) bond motifs is 2. The molecule has 2 aliphatic heterocycles. The maximum atomic E-state index is 11.6. The summed E-state index contributed by atoms with van der Waals surface area (Å²) in [5.74, 6) is 2.13. The topological polar surface area (TPSA) is 156 Å². The highest BCUT2D eigenvalue weighted by Gasteiger charge is 2.38. The largest absolute Gasteiger partial charge is 0.487 e. The Bertz CT molecular complexity index is 1090. The molecule has 0 bridgehead atoms. The standard InChI is InChI=1S/C18H33NO4.C18H27NO4.CH4O/c2*1-18(2,3)23-17(21)19-11-5-8-13-6-4-7-14-9-10-15(12-20)22-16(13)14;1-2/h13-16,20H,4-12H2,1-3H3,(H,19,21);4,6-7,15,20H,5,8-12H2,1-3H3,(H,19,21);2H,1H3/t13?,14?,15-,16?;15-;/m11./s1. The van der Waals surface area contributed by atoms with E-state index in [0.29, 0.717) is 31.0 Å². The Kier molecular flexibility index (Phi) is 18.0. The van der Waals surface area contributed by atoms with Gasteiger partial charge in [0.05, 0.1) is 25.4 Å². The van der Waals surface area contributed by atoms with Gasteiger partial charge < -0.3 is 44.9 Å². The highest BCUT2D eigenvalue weighted by Crippen LogP contribution is 2.40. The molecule has 2 amide bonds. The average molecular weight is 681 g/mol. The number of ether oxygens (including phenoxy) is 4. The van der Waals surface area contributed by atoms with Crippen LogP contribution in [0.15, 0.2) is 18.2 Å². The first-order valence-corrected chi connectivity index (χ1v) is 17.8. The number of nitrogens with one attached hydrogen (secondary N) is 2. The zero-order valence-electron chi connectivity index (χ0n) is 30.5. The number of rotatable bonds is 10. The minimum Gasteiger partial charge on any atom is -0.487 e. The first-order chi connectivity index (χ1) is 22.8. The summed E-state index contributed by atoms with van der Waals surface area (Å²) < 4.78 is 22.5. The van der Waals surface area contributed by atoms with Crippen LogP contribution in [0.25, 0.3) is 0 Å². The Morgan fingerprint density at radius 3 is 2.06 bits per heavy atom. The summed E-state index contributed by atoms with van der Waals surface area (Å²) in [6, 6.07) is 6.16. The zero-order valence-corrected chi connectivity index (χ0v) is 30.5. The summed E-state index contributed by atoms with van der Waals surface area (Å²) in [7, 11) is 1.00. The fraction of sp³-hybridized carbons (Fsp3) is 0.784. The molecule has 1 aromatic carbocycles. The second-order valence-corrected chi connectivity index (χ2v) is 14.9. The molecular formula is C37H64N2O9. The van der Waals surface area contributed by atoms with Gasteiger partial charge in [0.25, 0.3) is 0 Å². The molecule has 5 atom stereocenters. The molecule has 0 radical (unpaired) electrons. The third kappa shape index (κ3) is 15.3. The fourth-order valence-electron chi connectivity index (χ4n) is 6.53. The normalized spacial score (nSPS) is 23.3. The van der Waals surface area contributed by atoms with Gasteiger partial charge in [0.1, 0.15) is 23.1 Å². The van der Waals surface area contributed by atoms with Crippen LogP contribution in [0.5, 0.6) is 5.75 Å². The molecule has 5 N–H and O–H groups in total. The minimum absolute atomic E-state index is 0.0248. The van der Waals surface area contributed by atoms with E-state index in [4.69, 9.17) is 24.1 Å². The molecule has 3 aliphatic rings. The summed E-state index contributed by atoms with van der Waals surface area (Å²) in [5.41, 5.74) is 1.41. The minimum atomic E-state index is -0.476. The highest BCUT2D eigenvalue weighted by molar-refractivity contribution is 5.67. The van der Waals surface area contributed by atoms with Crippen LogP contribution in [0.4, 0.5) is 9.59 Å². The Balaban J connectivity index is 0.000000317. The number of amides is 2. The smallest absolute Gasteiger partial charge is 0.407 e. The zero-order chi connectivity index (χ0) is 35.7. The van der Waals surface area contributed by atoms with Crippen LogP contribution in [-0.2, 0) is 27.1 Å². The predicted molar refractivity (Wildman–Crippen MR) is 186 cm³/mol. The molecule has 2 fully saturated rings. The predicted octanol–water partition coefficient (Wildman–Crippen LogP) is 5.69. The molecule has 2 heterocycles. The number of hydrogen-bond donors (Lipinski definition) is 5. The van der Waals surface area contributed by atoms with Crippen molar-refractivity contribution in [2.24, 2.45) is 11.8 Å². The second-order valence-electron chi connectivity index (χ2n) is 14.9. The van der Waals surface area contributed by atoms with E-state index in [-0.39, 0.29) is 37.6 Å². The number of para-hydroxylation sites is 1. The van der Waals surface area contributed by atoms with Crippen molar-refractivity contribution in [3.05, 3.63) is 29.3 Å². The average Bonchev–Trinajstić information content (AvgIpc) is 3.04. The second kappa shape index (κ2) is 20.8. The van der Waals surface area contributed by atoms with Crippen molar-refractivity contribution in [1.29, 1.82) is 0 Å².